The minimum absolute atomic E-state index is 0.0573. The molecule has 1 fully saturated rings. The van der Waals surface area contributed by atoms with Gasteiger partial charge in [-0.1, -0.05) is 13.8 Å². The second kappa shape index (κ2) is 7.37. The Hall–Kier alpha value is -3.30. The van der Waals surface area contributed by atoms with Crippen LogP contribution in [-0.2, 0) is 11.3 Å². The molecule has 0 radical (unpaired) electrons. The van der Waals surface area contributed by atoms with Crippen LogP contribution in [0.3, 0.4) is 0 Å². The van der Waals surface area contributed by atoms with Gasteiger partial charge in [-0.15, -0.1) is 15.3 Å². The van der Waals surface area contributed by atoms with Crippen molar-refractivity contribution in [3.63, 3.8) is 0 Å². The predicted molar refractivity (Wildman–Crippen MR) is 100 cm³/mol. The Morgan fingerprint density at radius 3 is 2.89 bits per heavy atom. The fraction of sp³-hybridized carbons (Fsp3) is 0.444. The highest BCUT2D eigenvalue weighted by Crippen LogP contribution is 2.30. The van der Waals surface area contributed by atoms with Gasteiger partial charge >= 0.3 is 0 Å². The smallest absolute Gasteiger partial charge is 0.270 e. The monoisotopic (exact) mass is 383 g/mol. The first-order chi connectivity index (χ1) is 13.5. The molecule has 0 unspecified atom stereocenters. The lowest BCUT2D eigenvalue weighted by Crippen LogP contribution is -2.31. The third-order valence-electron chi connectivity index (χ3n) is 4.43. The molecule has 0 bridgehead atoms. The van der Waals surface area contributed by atoms with Gasteiger partial charge in [0.25, 0.3) is 5.56 Å². The van der Waals surface area contributed by atoms with E-state index in [1.54, 1.807) is 12.1 Å². The topological polar surface area (TPSA) is 116 Å². The summed E-state index contributed by atoms with van der Waals surface area (Å²) in [6, 6.07) is 4.72. The zero-order valence-corrected chi connectivity index (χ0v) is 15.7. The highest BCUT2D eigenvalue weighted by molar-refractivity contribution is 5.89. The first-order valence-electron chi connectivity index (χ1n) is 9.21. The van der Waals surface area contributed by atoms with Gasteiger partial charge in [-0.25, -0.2) is 4.68 Å². The van der Waals surface area contributed by atoms with Crippen LogP contribution in [0.15, 0.2) is 29.3 Å². The number of hydrogen-bond acceptors (Lipinski definition) is 7. The molecule has 3 heterocycles. The number of rotatable bonds is 7. The van der Waals surface area contributed by atoms with Crippen LogP contribution >= 0.6 is 0 Å². The van der Waals surface area contributed by atoms with Gasteiger partial charge in [0, 0.05) is 12.0 Å². The Labute approximate surface area is 160 Å². The summed E-state index contributed by atoms with van der Waals surface area (Å²) < 4.78 is 8.38. The van der Waals surface area contributed by atoms with Gasteiger partial charge in [-0.2, -0.15) is 9.61 Å². The van der Waals surface area contributed by atoms with E-state index in [1.165, 1.54) is 16.9 Å². The van der Waals surface area contributed by atoms with Gasteiger partial charge in [0.1, 0.15) is 24.3 Å². The van der Waals surface area contributed by atoms with Crippen LogP contribution in [0.5, 0.6) is 5.75 Å². The van der Waals surface area contributed by atoms with Crippen LogP contribution in [0.4, 0.5) is 5.82 Å². The molecule has 1 N–H and O–H groups in total. The van der Waals surface area contributed by atoms with Crippen molar-refractivity contribution in [3.05, 3.63) is 40.6 Å². The molecule has 146 valence electrons. The van der Waals surface area contributed by atoms with Crippen molar-refractivity contribution in [2.75, 3.05) is 11.9 Å². The Balaban J connectivity index is 1.50. The van der Waals surface area contributed by atoms with Crippen molar-refractivity contribution in [1.29, 1.82) is 0 Å². The molecule has 1 amide bonds. The molecule has 0 aromatic carbocycles. The van der Waals surface area contributed by atoms with Crippen molar-refractivity contribution in [1.82, 2.24) is 29.6 Å². The average Bonchev–Trinajstić information content (AvgIpc) is 3.37. The van der Waals surface area contributed by atoms with E-state index in [4.69, 9.17) is 4.74 Å². The SMILES string of the molecule is CC(C)c1nn(CC(=O)Nc2ccc3nncn3n2)c(=O)cc1OCC1CC1. The number of fused-ring (bicyclic) bond motifs is 1. The summed E-state index contributed by atoms with van der Waals surface area (Å²) in [7, 11) is 0. The number of carbonyl (C=O) groups is 1. The second-order valence-corrected chi connectivity index (χ2v) is 7.20. The maximum absolute atomic E-state index is 12.4. The molecule has 0 saturated heterocycles. The number of nitrogens with one attached hydrogen (secondary N) is 1. The minimum Gasteiger partial charge on any atom is -0.491 e. The molecular weight excluding hydrogens is 362 g/mol. The Morgan fingerprint density at radius 1 is 1.32 bits per heavy atom. The molecular formula is C18H21N7O3. The van der Waals surface area contributed by atoms with Crippen molar-refractivity contribution >= 4 is 17.4 Å². The summed E-state index contributed by atoms with van der Waals surface area (Å²) in [6.45, 7) is 4.32. The highest BCUT2D eigenvalue weighted by atomic mass is 16.5. The number of nitrogens with zero attached hydrogens (tertiary/aromatic N) is 6. The number of hydrogen-bond donors (Lipinski definition) is 1. The molecule has 0 spiro atoms. The summed E-state index contributed by atoms with van der Waals surface area (Å²) in [5.41, 5.74) is 0.851. The van der Waals surface area contributed by atoms with E-state index in [-0.39, 0.29) is 18.0 Å². The zero-order valence-electron chi connectivity index (χ0n) is 15.7. The van der Waals surface area contributed by atoms with E-state index >= 15 is 0 Å². The van der Waals surface area contributed by atoms with Gasteiger partial charge in [-0.05, 0) is 30.9 Å². The van der Waals surface area contributed by atoms with E-state index in [0.717, 1.165) is 17.5 Å². The van der Waals surface area contributed by atoms with E-state index in [1.807, 2.05) is 13.8 Å². The van der Waals surface area contributed by atoms with Crippen LogP contribution < -0.4 is 15.6 Å². The summed E-state index contributed by atoms with van der Waals surface area (Å²) in [5.74, 6) is 1.06. The minimum atomic E-state index is -0.407. The predicted octanol–water partition coefficient (Wildman–Crippen LogP) is 1.23. The molecule has 28 heavy (non-hydrogen) atoms. The fourth-order valence-electron chi connectivity index (χ4n) is 2.72. The van der Waals surface area contributed by atoms with E-state index in [2.05, 4.69) is 25.7 Å². The molecule has 10 nitrogen and oxygen atoms in total. The van der Waals surface area contributed by atoms with Gasteiger partial charge < -0.3 is 10.1 Å². The maximum Gasteiger partial charge on any atom is 0.270 e. The van der Waals surface area contributed by atoms with Crippen molar-refractivity contribution in [2.24, 2.45) is 5.92 Å². The largest absolute Gasteiger partial charge is 0.491 e. The van der Waals surface area contributed by atoms with Gasteiger partial charge in [-0.3, -0.25) is 9.59 Å². The molecule has 1 aliphatic carbocycles. The standard InChI is InChI=1S/C18H21N7O3/c1-11(2)18-13(28-9-12-3-4-12)7-17(27)24(23-18)8-16(26)20-14-5-6-15-21-19-10-25(15)22-14/h5-7,10-12H,3-4,8-9H2,1-2H3,(H,20,22,26). The molecule has 1 saturated carbocycles. The van der Waals surface area contributed by atoms with Crippen LogP contribution in [0.25, 0.3) is 5.65 Å². The van der Waals surface area contributed by atoms with Crippen LogP contribution in [0.2, 0.25) is 0 Å². The van der Waals surface area contributed by atoms with Gasteiger partial charge in [0.05, 0.1) is 6.61 Å². The number of aromatic nitrogens is 6. The lowest BCUT2D eigenvalue weighted by Gasteiger charge is -2.15. The van der Waals surface area contributed by atoms with Crippen LogP contribution in [0.1, 0.15) is 38.3 Å². The van der Waals surface area contributed by atoms with Crippen LogP contribution in [-0.4, -0.2) is 42.1 Å². The number of anilines is 1. The fourth-order valence-corrected chi connectivity index (χ4v) is 2.72. The zero-order chi connectivity index (χ0) is 19.7. The van der Waals surface area contributed by atoms with E-state index in [9.17, 15) is 9.59 Å². The Morgan fingerprint density at radius 2 is 2.14 bits per heavy atom. The second-order valence-electron chi connectivity index (χ2n) is 7.20. The summed E-state index contributed by atoms with van der Waals surface area (Å²) in [5, 5.41) is 18.8. The lowest BCUT2D eigenvalue weighted by atomic mass is 10.1. The highest BCUT2D eigenvalue weighted by Gasteiger charge is 2.23. The number of ether oxygens (including phenoxy) is 1. The normalized spacial score (nSPS) is 13.8. The number of carbonyl (C=O) groups excluding carboxylic acids is 1. The maximum atomic E-state index is 12.4. The lowest BCUT2D eigenvalue weighted by molar-refractivity contribution is -0.117. The van der Waals surface area contributed by atoms with Gasteiger partial charge in [0.15, 0.2) is 11.5 Å². The third-order valence-corrected chi connectivity index (χ3v) is 4.43. The van der Waals surface area contributed by atoms with Crippen molar-refractivity contribution in [2.45, 2.75) is 39.2 Å². The molecule has 3 aromatic rings. The first kappa shape index (κ1) is 18.1. The van der Waals surface area contributed by atoms with Gasteiger partial charge in [0.2, 0.25) is 5.91 Å². The summed E-state index contributed by atoms with van der Waals surface area (Å²) in [6.07, 6.45) is 3.76. The van der Waals surface area contributed by atoms with E-state index < -0.39 is 5.91 Å². The average molecular weight is 383 g/mol. The quantitative estimate of drug-likeness (QED) is 0.652. The summed E-state index contributed by atoms with van der Waals surface area (Å²) in [4.78, 5) is 24.8. The molecule has 4 rings (SSSR count). The van der Waals surface area contributed by atoms with Crippen molar-refractivity contribution < 1.29 is 9.53 Å². The summed E-state index contributed by atoms with van der Waals surface area (Å²) >= 11 is 0. The Kier molecular flexibility index (Phi) is 4.76. The van der Waals surface area contributed by atoms with Crippen molar-refractivity contribution in [3.8, 4) is 5.75 Å². The van der Waals surface area contributed by atoms with Crippen LogP contribution in [0, 0.1) is 5.92 Å². The molecule has 0 atom stereocenters. The number of amides is 1. The molecule has 3 aromatic heterocycles. The van der Waals surface area contributed by atoms with E-state index in [0.29, 0.717) is 35.4 Å². The molecule has 0 aliphatic heterocycles. The third kappa shape index (κ3) is 4.00. The molecule has 10 heteroatoms. The first-order valence-corrected chi connectivity index (χ1v) is 9.21. The molecule has 1 aliphatic rings. The Bertz CT molecular complexity index is 1070.